The lowest BCUT2D eigenvalue weighted by Crippen LogP contribution is -2.24. The molecule has 1 aliphatic rings. The summed E-state index contributed by atoms with van der Waals surface area (Å²) in [5, 5.41) is 2.50. The van der Waals surface area contributed by atoms with Crippen LogP contribution in [0.3, 0.4) is 0 Å². The summed E-state index contributed by atoms with van der Waals surface area (Å²) in [7, 11) is 0. The number of nitrogens with zero attached hydrogens (tertiary/aromatic N) is 2. The maximum Gasteiger partial charge on any atom is 0.270 e. The normalized spacial score (nSPS) is 13.1. The number of amides is 1. The molecule has 0 bridgehead atoms. The molecule has 3 aromatic rings. The summed E-state index contributed by atoms with van der Waals surface area (Å²) in [4.78, 5) is 17.1. The molecule has 0 saturated carbocycles. The van der Waals surface area contributed by atoms with E-state index >= 15 is 0 Å². The Hall–Kier alpha value is -2.41. The zero-order valence-corrected chi connectivity index (χ0v) is 13.2. The first-order valence-electron chi connectivity index (χ1n) is 7.28. The van der Waals surface area contributed by atoms with Crippen molar-refractivity contribution in [1.29, 1.82) is 0 Å². The van der Waals surface area contributed by atoms with Crippen LogP contribution in [-0.2, 0) is 13.0 Å². The van der Waals surface area contributed by atoms with E-state index in [4.69, 9.17) is 4.74 Å². The van der Waals surface area contributed by atoms with E-state index in [9.17, 15) is 9.18 Å². The molecular formula is C16H14FN3O2S. The van der Waals surface area contributed by atoms with Gasteiger partial charge in [-0.15, -0.1) is 0 Å². The Bertz CT molecular complexity index is 916. The second-order valence-electron chi connectivity index (χ2n) is 5.46. The maximum atomic E-state index is 13.3. The predicted octanol–water partition coefficient (Wildman–Crippen LogP) is 2.71. The number of rotatable bonds is 3. The number of aromatic nitrogens is 2. The van der Waals surface area contributed by atoms with Crippen molar-refractivity contribution in [3.63, 3.8) is 0 Å². The van der Waals surface area contributed by atoms with E-state index in [-0.39, 0.29) is 11.0 Å². The standard InChI is InChI=1S/C16H14FN3O2S/c1-9-14(20-8-13(17)23-16(20)19-9)15(21)18-7-10-2-3-11-4-5-22-12(11)6-10/h2-3,6,8H,4-5,7H2,1H3,(H,18,21). The zero-order chi connectivity index (χ0) is 16.0. The first-order valence-corrected chi connectivity index (χ1v) is 8.10. The van der Waals surface area contributed by atoms with Gasteiger partial charge in [0.05, 0.1) is 18.5 Å². The third kappa shape index (κ3) is 2.46. The van der Waals surface area contributed by atoms with Crippen LogP contribution in [0, 0.1) is 12.1 Å². The molecule has 1 aromatic carbocycles. The van der Waals surface area contributed by atoms with Gasteiger partial charge in [-0.3, -0.25) is 9.20 Å². The molecule has 23 heavy (non-hydrogen) atoms. The molecule has 2 aromatic heterocycles. The molecule has 118 valence electrons. The first-order chi connectivity index (χ1) is 11.1. The number of carbonyl (C=O) groups is 1. The SMILES string of the molecule is Cc1nc2sc(F)cn2c1C(=O)NCc1ccc2c(c1)OCC2. The van der Waals surface area contributed by atoms with Crippen molar-refractivity contribution in [2.24, 2.45) is 0 Å². The molecule has 0 aliphatic carbocycles. The van der Waals surface area contributed by atoms with Crippen LogP contribution in [0.5, 0.6) is 5.75 Å². The van der Waals surface area contributed by atoms with Gasteiger partial charge in [0.15, 0.2) is 10.1 Å². The van der Waals surface area contributed by atoms with E-state index in [1.807, 2.05) is 18.2 Å². The number of carbonyl (C=O) groups excluding carboxylic acids is 1. The van der Waals surface area contributed by atoms with Gasteiger partial charge in [-0.25, -0.2) is 4.98 Å². The highest BCUT2D eigenvalue weighted by molar-refractivity contribution is 7.15. The van der Waals surface area contributed by atoms with E-state index < -0.39 is 0 Å². The number of hydrogen-bond donors (Lipinski definition) is 1. The molecule has 0 fully saturated rings. The van der Waals surface area contributed by atoms with Crippen LogP contribution in [0.25, 0.3) is 4.96 Å². The molecule has 0 spiro atoms. The molecule has 1 amide bonds. The smallest absolute Gasteiger partial charge is 0.270 e. The largest absolute Gasteiger partial charge is 0.493 e. The van der Waals surface area contributed by atoms with Crippen molar-refractivity contribution in [2.75, 3.05) is 6.61 Å². The number of aryl methyl sites for hydroxylation is 1. The lowest BCUT2D eigenvalue weighted by Gasteiger charge is -2.07. The Morgan fingerprint density at radius 3 is 3.26 bits per heavy atom. The third-order valence-electron chi connectivity index (χ3n) is 3.90. The summed E-state index contributed by atoms with van der Waals surface area (Å²) in [6, 6.07) is 5.96. The van der Waals surface area contributed by atoms with Crippen LogP contribution >= 0.6 is 11.3 Å². The Morgan fingerprint density at radius 1 is 1.52 bits per heavy atom. The fourth-order valence-corrected chi connectivity index (χ4v) is 3.55. The molecular weight excluding hydrogens is 317 g/mol. The van der Waals surface area contributed by atoms with Crippen molar-refractivity contribution < 1.29 is 13.9 Å². The van der Waals surface area contributed by atoms with Crippen molar-refractivity contribution in [3.05, 3.63) is 52.0 Å². The molecule has 0 saturated heterocycles. The van der Waals surface area contributed by atoms with Crippen molar-refractivity contribution in [1.82, 2.24) is 14.7 Å². The number of nitrogens with one attached hydrogen (secondary N) is 1. The predicted molar refractivity (Wildman–Crippen MR) is 84.6 cm³/mol. The monoisotopic (exact) mass is 331 g/mol. The minimum absolute atomic E-state index is 0.269. The summed E-state index contributed by atoms with van der Waals surface area (Å²) in [6.45, 7) is 2.84. The third-order valence-corrected chi connectivity index (χ3v) is 4.67. The zero-order valence-electron chi connectivity index (χ0n) is 12.4. The van der Waals surface area contributed by atoms with Crippen LogP contribution in [0.15, 0.2) is 24.4 Å². The average Bonchev–Trinajstić information content (AvgIpc) is 3.17. The van der Waals surface area contributed by atoms with E-state index in [1.165, 1.54) is 16.2 Å². The minimum atomic E-state index is -0.364. The fourth-order valence-electron chi connectivity index (χ4n) is 2.79. The molecule has 1 aliphatic heterocycles. The molecule has 1 N–H and O–H groups in total. The second-order valence-corrected chi connectivity index (χ2v) is 6.42. The van der Waals surface area contributed by atoms with Gasteiger partial charge in [-0.05, 0) is 24.1 Å². The van der Waals surface area contributed by atoms with Crippen molar-refractivity contribution in [3.8, 4) is 5.75 Å². The van der Waals surface area contributed by atoms with Gasteiger partial charge < -0.3 is 10.1 Å². The maximum absolute atomic E-state index is 13.3. The molecule has 5 nitrogen and oxygen atoms in total. The Labute approximate surface area is 135 Å². The number of hydrogen-bond acceptors (Lipinski definition) is 4. The van der Waals surface area contributed by atoms with Crippen LogP contribution in [0.4, 0.5) is 4.39 Å². The van der Waals surface area contributed by atoms with E-state index in [1.54, 1.807) is 6.92 Å². The number of fused-ring (bicyclic) bond motifs is 2. The molecule has 0 unspecified atom stereocenters. The van der Waals surface area contributed by atoms with Gasteiger partial charge in [0.25, 0.3) is 5.91 Å². The Kier molecular flexibility index (Phi) is 3.30. The highest BCUT2D eigenvalue weighted by Crippen LogP contribution is 2.26. The first kappa shape index (κ1) is 14.2. The number of halogens is 1. The summed E-state index contributed by atoms with van der Waals surface area (Å²) in [5.74, 6) is 0.619. The number of thiazole rings is 1. The van der Waals surface area contributed by atoms with Crippen molar-refractivity contribution >= 4 is 22.2 Å². The van der Waals surface area contributed by atoms with Crippen molar-refractivity contribution in [2.45, 2.75) is 19.9 Å². The van der Waals surface area contributed by atoms with Crippen LogP contribution in [0.2, 0.25) is 0 Å². The molecule has 3 heterocycles. The van der Waals surface area contributed by atoms with Gasteiger partial charge in [0.2, 0.25) is 0 Å². The van der Waals surface area contributed by atoms with Crippen LogP contribution in [0.1, 0.15) is 27.3 Å². The molecule has 7 heteroatoms. The van der Waals surface area contributed by atoms with Crippen LogP contribution < -0.4 is 10.1 Å². The molecule has 0 radical (unpaired) electrons. The summed E-state index contributed by atoms with van der Waals surface area (Å²) < 4.78 is 20.3. The lowest BCUT2D eigenvalue weighted by molar-refractivity contribution is 0.0944. The van der Waals surface area contributed by atoms with Gasteiger partial charge in [-0.1, -0.05) is 23.5 Å². The van der Waals surface area contributed by atoms with Gasteiger partial charge in [-0.2, -0.15) is 4.39 Å². The molecule has 4 rings (SSSR count). The van der Waals surface area contributed by atoms with E-state index in [2.05, 4.69) is 10.3 Å². The van der Waals surface area contributed by atoms with Gasteiger partial charge in [0, 0.05) is 13.0 Å². The van der Waals surface area contributed by atoms with Gasteiger partial charge in [0.1, 0.15) is 11.4 Å². The van der Waals surface area contributed by atoms with E-state index in [0.29, 0.717) is 29.5 Å². The lowest BCUT2D eigenvalue weighted by atomic mass is 10.1. The average molecular weight is 331 g/mol. The fraction of sp³-hybridized carbons (Fsp3) is 0.250. The van der Waals surface area contributed by atoms with E-state index in [0.717, 1.165) is 29.1 Å². The highest BCUT2D eigenvalue weighted by Gasteiger charge is 2.19. The van der Waals surface area contributed by atoms with Crippen LogP contribution in [-0.4, -0.2) is 21.9 Å². The summed E-state index contributed by atoms with van der Waals surface area (Å²) in [6.07, 6.45) is 2.22. The highest BCUT2D eigenvalue weighted by atomic mass is 32.1. The summed E-state index contributed by atoms with van der Waals surface area (Å²) >= 11 is 0.921. The number of imidazole rings is 1. The number of ether oxygens (including phenoxy) is 1. The van der Waals surface area contributed by atoms with Gasteiger partial charge >= 0.3 is 0 Å². The Morgan fingerprint density at radius 2 is 2.39 bits per heavy atom. The topological polar surface area (TPSA) is 55.6 Å². The minimum Gasteiger partial charge on any atom is -0.493 e. The molecule has 0 atom stereocenters. The quantitative estimate of drug-likeness (QED) is 0.803. The second kappa shape index (κ2) is 5.34. The Balaban J connectivity index is 1.54. The summed E-state index contributed by atoms with van der Waals surface area (Å²) in [5.41, 5.74) is 3.12. The number of benzene rings is 1.